The normalized spacial score (nSPS) is 17.4. The summed E-state index contributed by atoms with van der Waals surface area (Å²) in [7, 11) is -2.13. The fourth-order valence-electron chi connectivity index (χ4n) is 1.88. The van der Waals surface area contributed by atoms with Crippen LogP contribution >= 0.6 is 11.6 Å². The molecule has 1 aliphatic rings. The first-order chi connectivity index (χ1) is 9.45. The van der Waals surface area contributed by atoms with Gasteiger partial charge in [-0.3, -0.25) is 4.79 Å². The Morgan fingerprint density at radius 2 is 2.25 bits per heavy atom. The number of hydrogen-bond donors (Lipinski definition) is 2. The van der Waals surface area contributed by atoms with Crippen LogP contribution in [0.4, 0.5) is 5.82 Å². The van der Waals surface area contributed by atoms with E-state index in [0.29, 0.717) is 18.8 Å². The van der Waals surface area contributed by atoms with Crippen LogP contribution in [-0.2, 0) is 14.8 Å². The van der Waals surface area contributed by atoms with Gasteiger partial charge in [-0.15, -0.1) is 0 Å². The topological polar surface area (TPSA) is 91.4 Å². The Balaban J connectivity index is 2.34. The number of anilines is 1. The van der Waals surface area contributed by atoms with Crippen LogP contribution in [0.3, 0.4) is 0 Å². The van der Waals surface area contributed by atoms with Crippen molar-refractivity contribution in [1.29, 1.82) is 0 Å². The molecule has 0 bridgehead atoms. The molecule has 9 heteroatoms. The zero-order valence-electron chi connectivity index (χ0n) is 10.9. The van der Waals surface area contributed by atoms with Crippen molar-refractivity contribution < 1.29 is 13.2 Å². The summed E-state index contributed by atoms with van der Waals surface area (Å²) < 4.78 is 26.1. The molecule has 0 saturated carbocycles. The lowest BCUT2D eigenvalue weighted by Crippen LogP contribution is -2.37. The molecule has 0 spiro atoms. The van der Waals surface area contributed by atoms with Crippen molar-refractivity contribution in [3.8, 4) is 0 Å². The third kappa shape index (κ3) is 3.02. The van der Waals surface area contributed by atoms with E-state index >= 15 is 0 Å². The molecule has 0 radical (unpaired) electrons. The second-order valence-corrected chi connectivity index (χ2v) is 6.64. The Kier molecular flexibility index (Phi) is 4.46. The smallest absolute Gasteiger partial charge is 0.245 e. The first-order valence-corrected chi connectivity index (χ1v) is 7.87. The molecule has 1 fully saturated rings. The standard InChI is InChI=1S/C11H15ClN4O3S/c1-13-11-9(12)5-8(6-15-11)20(18,19)16-4-2-3-14-10(17)7-16/h5-6H,2-4,7H2,1H3,(H,13,15)(H,14,17). The molecule has 0 aliphatic carbocycles. The van der Waals surface area contributed by atoms with Crippen LogP contribution < -0.4 is 10.6 Å². The minimum atomic E-state index is -3.77. The number of nitrogens with zero attached hydrogens (tertiary/aromatic N) is 2. The van der Waals surface area contributed by atoms with Crippen LogP contribution in [0.1, 0.15) is 6.42 Å². The van der Waals surface area contributed by atoms with E-state index in [0.717, 1.165) is 4.31 Å². The van der Waals surface area contributed by atoms with Crippen molar-refractivity contribution in [1.82, 2.24) is 14.6 Å². The van der Waals surface area contributed by atoms with Gasteiger partial charge >= 0.3 is 0 Å². The molecular formula is C11H15ClN4O3S. The number of amides is 1. The second-order valence-electron chi connectivity index (χ2n) is 4.29. The van der Waals surface area contributed by atoms with E-state index in [1.807, 2.05) is 0 Å². The summed E-state index contributed by atoms with van der Waals surface area (Å²) in [5, 5.41) is 5.60. The lowest BCUT2D eigenvalue weighted by Gasteiger charge is -2.18. The number of carbonyl (C=O) groups is 1. The fraction of sp³-hybridized carbons (Fsp3) is 0.455. The van der Waals surface area contributed by atoms with Gasteiger partial charge in [-0.05, 0) is 12.5 Å². The Morgan fingerprint density at radius 3 is 2.90 bits per heavy atom. The first kappa shape index (κ1) is 15.0. The number of halogens is 1. The maximum Gasteiger partial charge on any atom is 0.245 e. The van der Waals surface area contributed by atoms with Crippen LogP contribution in [0.5, 0.6) is 0 Å². The Labute approximate surface area is 122 Å². The summed E-state index contributed by atoms with van der Waals surface area (Å²) in [5.41, 5.74) is 0. The second kappa shape index (κ2) is 5.94. The maximum absolute atomic E-state index is 12.5. The van der Waals surface area contributed by atoms with Crippen LogP contribution in [0.25, 0.3) is 0 Å². The van der Waals surface area contributed by atoms with Crippen molar-refractivity contribution in [3.63, 3.8) is 0 Å². The number of aromatic nitrogens is 1. The molecule has 0 unspecified atom stereocenters. The van der Waals surface area contributed by atoms with Gasteiger partial charge in [0.2, 0.25) is 15.9 Å². The largest absolute Gasteiger partial charge is 0.372 e. The van der Waals surface area contributed by atoms with Crippen molar-refractivity contribution in [2.45, 2.75) is 11.3 Å². The number of hydrogen-bond acceptors (Lipinski definition) is 5. The van der Waals surface area contributed by atoms with Gasteiger partial charge in [0.15, 0.2) is 0 Å². The molecule has 1 amide bonds. The van der Waals surface area contributed by atoms with Gasteiger partial charge in [0.25, 0.3) is 0 Å². The zero-order valence-corrected chi connectivity index (χ0v) is 12.5. The highest BCUT2D eigenvalue weighted by Crippen LogP contribution is 2.24. The summed E-state index contributed by atoms with van der Waals surface area (Å²) >= 11 is 5.95. The van der Waals surface area contributed by atoms with Crippen molar-refractivity contribution in [2.75, 3.05) is 32.0 Å². The molecule has 0 aromatic carbocycles. The number of sulfonamides is 1. The SMILES string of the molecule is CNc1ncc(S(=O)(=O)N2CCCNC(=O)C2)cc1Cl. The van der Waals surface area contributed by atoms with E-state index < -0.39 is 10.0 Å². The number of carbonyl (C=O) groups excluding carboxylic acids is 1. The van der Waals surface area contributed by atoms with E-state index in [-0.39, 0.29) is 28.9 Å². The molecule has 1 aromatic rings. The van der Waals surface area contributed by atoms with Crippen LogP contribution in [0.15, 0.2) is 17.2 Å². The van der Waals surface area contributed by atoms with Gasteiger partial charge in [0, 0.05) is 26.3 Å². The molecule has 0 atom stereocenters. The molecule has 2 rings (SSSR count). The predicted octanol–water partition coefficient (Wildman–Crippen LogP) is 0.287. The minimum absolute atomic E-state index is 0.0174. The summed E-state index contributed by atoms with van der Waals surface area (Å²) in [6.07, 6.45) is 1.80. The summed E-state index contributed by atoms with van der Waals surface area (Å²) in [6, 6.07) is 1.33. The maximum atomic E-state index is 12.5. The lowest BCUT2D eigenvalue weighted by atomic mass is 10.4. The Bertz CT molecular complexity index is 620. The van der Waals surface area contributed by atoms with Crippen LogP contribution in [0.2, 0.25) is 5.02 Å². The van der Waals surface area contributed by atoms with Crippen LogP contribution in [0, 0.1) is 0 Å². The molecule has 110 valence electrons. The highest BCUT2D eigenvalue weighted by Gasteiger charge is 2.28. The average molecular weight is 319 g/mol. The summed E-state index contributed by atoms with van der Waals surface area (Å²) in [6.45, 7) is 0.572. The van der Waals surface area contributed by atoms with E-state index in [1.54, 1.807) is 7.05 Å². The Hall–Kier alpha value is -1.38. The van der Waals surface area contributed by atoms with Crippen molar-refractivity contribution >= 4 is 33.3 Å². The van der Waals surface area contributed by atoms with Gasteiger partial charge in [0.1, 0.15) is 10.7 Å². The quantitative estimate of drug-likeness (QED) is 0.835. The molecule has 20 heavy (non-hydrogen) atoms. The molecule has 2 N–H and O–H groups in total. The monoisotopic (exact) mass is 318 g/mol. The molecular weight excluding hydrogens is 304 g/mol. The minimum Gasteiger partial charge on any atom is -0.372 e. The van der Waals surface area contributed by atoms with Crippen molar-refractivity contribution in [3.05, 3.63) is 17.3 Å². The number of rotatable bonds is 3. The van der Waals surface area contributed by atoms with E-state index in [4.69, 9.17) is 11.6 Å². The van der Waals surface area contributed by atoms with E-state index in [1.165, 1.54) is 12.3 Å². The number of pyridine rings is 1. The molecule has 7 nitrogen and oxygen atoms in total. The molecule has 1 aromatic heterocycles. The van der Waals surface area contributed by atoms with Gasteiger partial charge < -0.3 is 10.6 Å². The molecule has 2 heterocycles. The summed E-state index contributed by atoms with van der Waals surface area (Å²) in [5.74, 6) is 0.0937. The third-order valence-electron chi connectivity index (χ3n) is 2.92. The molecule has 1 saturated heterocycles. The van der Waals surface area contributed by atoms with Gasteiger partial charge in [-0.1, -0.05) is 11.6 Å². The third-order valence-corrected chi connectivity index (χ3v) is 5.02. The van der Waals surface area contributed by atoms with E-state index in [9.17, 15) is 13.2 Å². The highest BCUT2D eigenvalue weighted by molar-refractivity contribution is 7.89. The van der Waals surface area contributed by atoms with Gasteiger partial charge in [0.05, 0.1) is 11.6 Å². The van der Waals surface area contributed by atoms with E-state index in [2.05, 4.69) is 15.6 Å². The zero-order chi connectivity index (χ0) is 14.8. The predicted molar refractivity (Wildman–Crippen MR) is 75.2 cm³/mol. The van der Waals surface area contributed by atoms with Crippen LogP contribution in [-0.4, -0.2) is 50.3 Å². The number of nitrogens with one attached hydrogen (secondary N) is 2. The average Bonchev–Trinajstić information content (AvgIpc) is 2.63. The lowest BCUT2D eigenvalue weighted by molar-refractivity contribution is -0.120. The fourth-order valence-corrected chi connectivity index (χ4v) is 3.61. The highest BCUT2D eigenvalue weighted by atomic mass is 35.5. The van der Waals surface area contributed by atoms with Crippen molar-refractivity contribution in [2.24, 2.45) is 0 Å². The Morgan fingerprint density at radius 1 is 1.50 bits per heavy atom. The molecule has 1 aliphatic heterocycles. The summed E-state index contributed by atoms with van der Waals surface area (Å²) in [4.78, 5) is 15.4. The van der Waals surface area contributed by atoms with Gasteiger partial charge in [-0.2, -0.15) is 4.31 Å². The van der Waals surface area contributed by atoms with Gasteiger partial charge in [-0.25, -0.2) is 13.4 Å². The first-order valence-electron chi connectivity index (χ1n) is 6.05.